The first-order chi connectivity index (χ1) is 7.15. The van der Waals surface area contributed by atoms with Gasteiger partial charge in [0.2, 0.25) is 5.24 Å². The summed E-state index contributed by atoms with van der Waals surface area (Å²) in [6.45, 7) is 0. The van der Waals surface area contributed by atoms with Crippen LogP contribution in [0.25, 0.3) is 0 Å². The summed E-state index contributed by atoms with van der Waals surface area (Å²) in [5, 5.41) is -0.689. The van der Waals surface area contributed by atoms with Gasteiger partial charge in [0, 0.05) is 0 Å². The maximum atomic E-state index is 11.2. The van der Waals surface area contributed by atoms with Crippen LogP contribution in [0.1, 0.15) is 5.56 Å². The van der Waals surface area contributed by atoms with E-state index in [-0.39, 0.29) is 6.42 Å². The zero-order valence-corrected chi connectivity index (χ0v) is 9.03. The van der Waals surface area contributed by atoms with E-state index in [0.29, 0.717) is 0 Å². The largest absolute Gasteiger partial charge is 0.468 e. The molecule has 0 N–H and O–H groups in total. The summed E-state index contributed by atoms with van der Waals surface area (Å²) in [7, 11) is 1.24. The number of halogens is 1. The zero-order valence-electron chi connectivity index (χ0n) is 8.27. The molecule has 0 aromatic heterocycles. The second-order valence-electron chi connectivity index (χ2n) is 3.07. The number of benzene rings is 1. The van der Waals surface area contributed by atoms with E-state index in [4.69, 9.17) is 11.6 Å². The third kappa shape index (κ3) is 3.36. The molecule has 1 aromatic carbocycles. The molecule has 0 aliphatic carbocycles. The van der Waals surface area contributed by atoms with Gasteiger partial charge in [0.1, 0.15) is 5.92 Å². The van der Waals surface area contributed by atoms with Gasteiger partial charge in [0.05, 0.1) is 7.11 Å². The lowest BCUT2D eigenvalue weighted by Crippen LogP contribution is -2.24. The van der Waals surface area contributed by atoms with Crippen LogP contribution in [0.4, 0.5) is 0 Å². The van der Waals surface area contributed by atoms with Crippen LogP contribution in [0.3, 0.4) is 0 Å². The van der Waals surface area contributed by atoms with Crippen molar-refractivity contribution in [1.29, 1.82) is 0 Å². The number of carbonyl (C=O) groups excluding carboxylic acids is 2. The van der Waals surface area contributed by atoms with Gasteiger partial charge in [0.25, 0.3) is 0 Å². The lowest BCUT2D eigenvalue weighted by Gasteiger charge is -2.09. The highest BCUT2D eigenvalue weighted by Crippen LogP contribution is 2.13. The van der Waals surface area contributed by atoms with Gasteiger partial charge in [-0.2, -0.15) is 0 Å². The molecule has 0 aliphatic heterocycles. The molecule has 4 heteroatoms. The average Bonchev–Trinajstić information content (AvgIpc) is 2.26. The molecule has 0 saturated carbocycles. The van der Waals surface area contributed by atoms with Gasteiger partial charge in [-0.1, -0.05) is 30.3 Å². The second kappa shape index (κ2) is 5.51. The number of esters is 1. The fraction of sp³-hybridized carbons (Fsp3) is 0.273. The predicted octanol–water partition coefficient (Wildman–Crippen LogP) is 1.78. The minimum absolute atomic E-state index is 0.274. The molecule has 0 spiro atoms. The summed E-state index contributed by atoms with van der Waals surface area (Å²) in [6.07, 6.45) is 0.274. The number of hydrogen-bond donors (Lipinski definition) is 0. The van der Waals surface area contributed by atoms with E-state index in [1.165, 1.54) is 7.11 Å². The lowest BCUT2D eigenvalue weighted by atomic mass is 10.0. The summed E-state index contributed by atoms with van der Waals surface area (Å²) < 4.78 is 4.50. The Labute approximate surface area is 93.0 Å². The van der Waals surface area contributed by atoms with E-state index in [0.717, 1.165) is 5.56 Å². The van der Waals surface area contributed by atoms with Gasteiger partial charge in [-0.25, -0.2) is 0 Å². The number of carbonyl (C=O) groups is 2. The average molecular weight is 227 g/mol. The highest BCUT2D eigenvalue weighted by molar-refractivity contribution is 6.65. The molecule has 0 bridgehead atoms. The van der Waals surface area contributed by atoms with E-state index < -0.39 is 17.1 Å². The van der Waals surface area contributed by atoms with E-state index in [1.807, 2.05) is 30.3 Å². The SMILES string of the molecule is COC(=O)C(Cc1ccccc1)C(=O)Cl. The maximum absolute atomic E-state index is 11.2. The first-order valence-electron chi connectivity index (χ1n) is 4.46. The van der Waals surface area contributed by atoms with Crippen molar-refractivity contribution in [2.75, 3.05) is 7.11 Å². The molecule has 1 atom stereocenters. The quantitative estimate of drug-likeness (QED) is 0.447. The van der Waals surface area contributed by atoms with Gasteiger partial charge in [-0.3, -0.25) is 9.59 Å². The van der Waals surface area contributed by atoms with Crippen LogP contribution in [0, 0.1) is 5.92 Å². The summed E-state index contributed by atoms with van der Waals surface area (Å²) in [6, 6.07) is 9.19. The van der Waals surface area contributed by atoms with Crippen molar-refractivity contribution in [3.63, 3.8) is 0 Å². The summed E-state index contributed by atoms with van der Waals surface area (Å²) in [5.41, 5.74) is 0.877. The predicted molar refractivity (Wildman–Crippen MR) is 56.5 cm³/mol. The third-order valence-corrected chi connectivity index (χ3v) is 2.31. The molecule has 1 aromatic rings. The van der Waals surface area contributed by atoms with E-state index in [1.54, 1.807) is 0 Å². The van der Waals surface area contributed by atoms with Crippen LogP contribution < -0.4 is 0 Å². The molecule has 0 aliphatic rings. The van der Waals surface area contributed by atoms with Crippen LogP contribution >= 0.6 is 11.6 Å². The smallest absolute Gasteiger partial charge is 0.317 e. The van der Waals surface area contributed by atoms with Gasteiger partial charge >= 0.3 is 5.97 Å². The van der Waals surface area contributed by atoms with Crippen LogP contribution in [-0.2, 0) is 20.7 Å². The minimum Gasteiger partial charge on any atom is -0.468 e. The van der Waals surface area contributed by atoms with Crippen LogP contribution in [-0.4, -0.2) is 18.3 Å². The Balaban J connectivity index is 2.76. The standard InChI is InChI=1S/C11H11ClO3/c1-15-11(14)9(10(12)13)7-8-5-3-2-4-6-8/h2-6,9H,7H2,1H3. The Hall–Kier alpha value is -1.35. The molecule has 3 nitrogen and oxygen atoms in total. The fourth-order valence-electron chi connectivity index (χ4n) is 1.25. The van der Waals surface area contributed by atoms with Crippen molar-refractivity contribution in [2.24, 2.45) is 5.92 Å². The van der Waals surface area contributed by atoms with Crippen molar-refractivity contribution in [3.8, 4) is 0 Å². The molecule has 0 fully saturated rings. The zero-order chi connectivity index (χ0) is 11.3. The number of rotatable bonds is 4. The topological polar surface area (TPSA) is 43.4 Å². The molecular weight excluding hydrogens is 216 g/mol. The van der Waals surface area contributed by atoms with Crippen LogP contribution in [0.15, 0.2) is 30.3 Å². The van der Waals surface area contributed by atoms with Gasteiger partial charge in [-0.05, 0) is 23.6 Å². The summed E-state index contributed by atoms with van der Waals surface area (Å²) >= 11 is 5.33. The van der Waals surface area contributed by atoms with Crippen LogP contribution in [0.5, 0.6) is 0 Å². The van der Waals surface area contributed by atoms with Crippen molar-refractivity contribution in [3.05, 3.63) is 35.9 Å². The molecule has 0 saturated heterocycles. The first-order valence-corrected chi connectivity index (χ1v) is 4.84. The molecule has 0 amide bonds. The third-order valence-electron chi connectivity index (χ3n) is 2.04. The Kier molecular flexibility index (Phi) is 4.31. The summed E-state index contributed by atoms with van der Waals surface area (Å²) in [5.74, 6) is -1.52. The second-order valence-corrected chi connectivity index (χ2v) is 3.44. The van der Waals surface area contributed by atoms with Gasteiger partial charge < -0.3 is 4.74 Å². The number of ether oxygens (including phenoxy) is 1. The van der Waals surface area contributed by atoms with Crippen molar-refractivity contribution >= 4 is 22.8 Å². The maximum Gasteiger partial charge on any atom is 0.317 e. The van der Waals surface area contributed by atoms with Crippen molar-refractivity contribution in [2.45, 2.75) is 6.42 Å². The van der Waals surface area contributed by atoms with Gasteiger partial charge in [-0.15, -0.1) is 0 Å². The summed E-state index contributed by atoms with van der Waals surface area (Å²) in [4.78, 5) is 22.2. The number of methoxy groups -OCH3 is 1. The Morgan fingerprint density at radius 2 is 1.93 bits per heavy atom. The van der Waals surface area contributed by atoms with E-state index >= 15 is 0 Å². The molecule has 80 valence electrons. The molecule has 0 radical (unpaired) electrons. The molecule has 1 rings (SSSR count). The Bertz CT molecular complexity index is 348. The Morgan fingerprint density at radius 1 is 1.33 bits per heavy atom. The first kappa shape index (κ1) is 11.7. The van der Waals surface area contributed by atoms with Crippen molar-refractivity contribution in [1.82, 2.24) is 0 Å². The van der Waals surface area contributed by atoms with Gasteiger partial charge in [0.15, 0.2) is 0 Å². The highest BCUT2D eigenvalue weighted by atomic mass is 35.5. The highest BCUT2D eigenvalue weighted by Gasteiger charge is 2.25. The minimum atomic E-state index is -0.918. The lowest BCUT2D eigenvalue weighted by molar-refractivity contribution is -0.147. The van der Waals surface area contributed by atoms with E-state index in [2.05, 4.69) is 4.74 Å². The van der Waals surface area contributed by atoms with E-state index in [9.17, 15) is 9.59 Å². The van der Waals surface area contributed by atoms with Crippen molar-refractivity contribution < 1.29 is 14.3 Å². The molecule has 1 unspecified atom stereocenters. The Morgan fingerprint density at radius 3 is 2.40 bits per heavy atom. The molecule has 15 heavy (non-hydrogen) atoms. The molecular formula is C11H11ClO3. The fourth-order valence-corrected chi connectivity index (χ4v) is 1.41. The molecule has 0 heterocycles. The monoisotopic (exact) mass is 226 g/mol. The normalized spacial score (nSPS) is 11.9. The van der Waals surface area contributed by atoms with Crippen LogP contribution in [0.2, 0.25) is 0 Å². The number of hydrogen-bond acceptors (Lipinski definition) is 3.